The van der Waals surface area contributed by atoms with E-state index in [1.54, 1.807) is 0 Å². The number of fused-ring (bicyclic) bond motifs is 2. The summed E-state index contributed by atoms with van der Waals surface area (Å²) in [6.07, 6.45) is -0.246. The fourth-order valence-electron chi connectivity index (χ4n) is 4.34. The van der Waals surface area contributed by atoms with Gasteiger partial charge in [-0.05, 0) is 61.9 Å². The van der Waals surface area contributed by atoms with Gasteiger partial charge in [0, 0.05) is 17.4 Å². The molecular formula is C27H33F3N2O4S. The molecule has 5 atom stereocenters. The second kappa shape index (κ2) is 13.2. The Morgan fingerprint density at radius 1 is 1.11 bits per heavy atom. The highest BCUT2D eigenvalue weighted by atomic mass is 32.2. The fourth-order valence-corrected chi connectivity index (χ4v) is 5.04. The molecule has 37 heavy (non-hydrogen) atoms. The van der Waals surface area contributed by atoms with Crippen LogP contribution in [0.4, 0.5) is 24.5 Å². The number of nitrogens with zero attached hydrogens (tertiary/aromatic N) is 1. The van der Waals surface area contributed by atoms with Gasteiger partial charge in [-0.15, -0.1) is 24.1 Å². The van der Waals surface area contributed by atoms with Crippen LogP contribution < -0.4 is 10.6 Å². The Balaban J connectivity index is 1.81. The van der Waals surface area contributed by atoms with Crippen LogP contribution in [0, 0.1) is 0 Å². The van der Waals surface area contributed by atoms with Gasteiger partial charge in [-0.25, -0.2) is 9.10 Å². The number of halogens is 3. The zero-order valence-corrected chi connectivity index (χ0v) is 21.7. The predicted molar refractivity (Wildman–Crippen MR) is 139 cm³/mol. The normalized spacial score (nSPS) is 17.7. The lowest BCUT2D eigenvalue weighted by Crippen LogP contribution is -2.50. The standard InChI is InChI=1S/C27H33F3N2O4S/c1-4-22(13-10-18-34-27(28,29)30)37(33)36-35-26(23(31)5-2)19(3)32-24-14-8-6-11-20(24)16-17-21-12-7-9-15-25(21)32/h4,6-12,14-15,18-19,22-23,26H,1,5,13,16-17,31H2,2-3H3/b18-10+/t19?,22?,23-,26?,37?/m0/s1. The Morgan fingerprint density at radius 3 is 2.19 bits per heavy atom. The molecule has 2 N–H and O–H groups in total. The lowest BCUT2D eigenvalue weighted by molar-refractivity contribution is -0.298. The summed E-state index contributed by atoms with van der Waals surface area (Å²) < 4.78 is 58.2. The summed E-state index contributed by atoms with van der Waals surface area (Å²) in [5.41, 5.74) is 10.9. The van der Waals surface area contributed by atoms with Crippen molar-refractivity contribution in [1.29, 1.82) is 0 Å². The molecule has 1 aliphatic rings. The molecule has 10 heteroatoms. The molecule has 202 valence electrons. The van der Waals surface area contributed by atoms with E-state index in [-0.39, 0.29) is 12.5 Å². The third-order valence-electron chi connectivity index (χ3n) is 6.34. The first-order chi connectivity index (χ1) is 17.7. The van der Waals surface area contributed by atoms with Gasteiger partial charge in [-0.3, -0.25) is 0 Å². The van der Waals surface area contributed by atoms with E-state index in [4.69, 9.17) is 15.0 Å². The van der Waals surface area contributed by atoms with Gasteiger partial charge in [0.05, 0.1) is 17.6 Å². The number of alkyl halides is 3. The van der Waals surface area contributed by atoms with Crippen molar-refractivity contribution in [3.8, 4) is 0 Å². The molecule has 0 saturated carbocycles. The minimum absolute atomic E-state index is 0.0531. The van der Waals surface area contributed by atoms with Crippen molar-refractivity contribution in [2.24, 2.45) is 5.73 Å². The van der Waals surface area contributed by atoms with E-state index < -0.39 is 34.8 Å². The van der Waals surface area contributed by atoms with Gasteiger partial charge >= 0.3 is 6.36 Å². The maximum atomic E-state index is 12.8. The minimum atomic E-state index is -4.79. The first kappa shape index (κ1) is 28.9. The van der Waals surface area contributed by atoms with Gasteiger partial charge in [0.15, 0.2) is 11.1 Å². The number of hydrogen-bond acceptors (Lipinski definition) is 6. The van der Waals surface area contributed by atoms with Gasteiger partial charge < -0.3 is 15.4 Å². The summed E-state index contributed by atoms with van der Waals surface area (Å²) in [6.45, 7) is 7.50. The number of hydrogen-bond donors (Lipinski definition) is 1. The maximum Gasteiger partial charge on any atom is 0.572 e. The molecule has 0 bridgehead atoms. The Kier molecular flexibility index (Phi) is 10.3. The molecule has 2 aromatic carbocycles. The number of ether oxygens (including phenoxy) is 1. The van der Waals surface area contributed by atoms with Crippen LogP contribution in [0.1, 0.15) is 37.8 Å². The highest BCUT2D eigenvalue weighted by molar-refractivity contribution is 7.80. The van der Waals surface area contributed by atoms with E-state index in [1.165, 1.54) is 17.2 Å². The largest absolute Gasteiger partial charge is 0.572 e. The van der Waals surface area contributed by atoms with Crippen LogP contribution in [0.15, 0.2) is 73.5 Å². The van der Waals surface area contributed by atoms with Crippen molar-refractivity contribution in [3.05, 3.63) is 84.7 Å². The van der Waals surface area contributed by atoms with Crippen LogP contribution in [0.25, 0.3) is 0 Å². The number of para-hydroxylation sites is 2. The summed E-state index contributed by atoms with van der Waals surface area (Å²) in [5.74, 6) is 0. The van der Waals surface area contributed by atoms with Crippen LogP contribution in [0.5, 0.6) is 0 Å². The quantitative estimate of drug-likeness (QED) is 0.154. The average molecular weight is 539 g/mol. The molecule has 0 saturated heterocycles. The first-order valence-corrected chi connectivity index (χ1v) is 13.3. The van der Waals surface area contributed by atoms with Gasteiger partial charge in [0.2, 0.25) is 0 Å². The molecule has 3 rings (SSSR count). The number of nitrogens with two attached hydrogens (primary N) is 1. The van der Waals surface area contributed by atoms with E-state index in [0.29, 0.717) is 12.7 Å². The lowest BCUT2D eigenvalue weighted by Gasteiger charge is -2.38. The third-order valence-corrected chi connectivity index (χ3v) is 7.43. The van der Waals surface area contributed by atoms with Crippen molar-refractivity contribution >= 4 is 22.5 Å². The zero-order valence-electron chi connectivity index (χ0n) is 20.9. The average Bonchev–Trinajstić information content (AvgIpc) is 3.04. The van der Waals surface area contributed by atoms with E-state index in [9.17, 15) is 17.4 Å². The monoisotopic (exact) mass is 538 g/mol. The molecule has 0 radical (unpaired) electrons. The first-order valence-electron chi connectivity index (χ1n) is 12.1. The van der Waals surface area contributed by atoms with Crippen LogP contribution in [0.3, 0.4) is 0 Å². The summed E-state index contributed by atoms with van der Waals surface area (Å²) >= 11 is -2.04. The van der Waals surface area contributed by atoms with Crippen molar-refractivity contribution in [3.63, 3.8) is 0 Å². The van der Waals surface area contributed by atoms with E-state index >= 15 is 0 Å². The molecular weight excluding hydrogens is 505 g/mol. The Labute approximate surface area is 218 Å². The van der Waals surface area contributed by atoms with E-state index in [2.05, 4.69) is 40.5 Å². The number of rotatable bonds is 12. The van der Waals surface area contributed by atoms with Crippen LogP contribution in [-0.4, -0.2) is 34.0 Å². The number of allylic oxidation sites excluding steroid dienone is 1. The maximum absolute atomic E-state index is 12.8. The Bertz CT molecular complexity index is 1050. The molecule has 6 nitrogen and oxygen atoms in total. The van der Waals surface area contributed by atoms with Crippen molar-refractivity contribution in [2.45, 2.75) is 69.3 Å². The molecule has 0 amide bonds. The highest BCUT2D eigenvalue weighted by Crippen LogP contribution is 2.39. The Hall–Kier alpha value is -2.66. The molecule has 0 fully saturated rings. The van der Waals surface area contributed by atoms with Crippen LogP contribution >= 0.6 is 0 Å². The highest BCUT2D eigenvalue weighted by Gasteiger charge is 2.35. The molecule has 0 aliphatic carbocycles. The molecule has 2 aromatic rings. The van der Waals surface area contributed by atoms with E-state index in [1.807, 2.05) is 38.1 Å². The second-order valence-corrected chi connectivity index (χ2v) is 10.0. The smallest absolute Gasteiger partial charge is 0.414 e. The second-order valence-electron chi connectivity index (χ2n) is 8.77. The van der Waals surface area contributed by atoms with Crippen molar-refractivity contribution in [2.75, 3.05) is 4.90 Å². The Morgan fingerprint density at radius 2 is 1.68 bits per heavy atom. The van der Waals surface area contributed by atoms with E-state index in [0.717, 1.165) is 30.3 Å². The number of benzene rings is 2. The van der Waals surface area contributed by atoms with Gasteiger partial charge in [-0.2, -0.15) is 0 Å². The van der Waals surface area contributed by atoms with Gasteiger partial charge in [-0.1, -0.05) is 49.4 Å². The topological polar surface area (TPSA) is 74.0 Å². The van der Waals surface area contributed by atoms with Crippen molar-refractivity contribution in [1.82, 2.24) is 0 Å². The third kappa shape index (κ3) is 7.67. The molecule has 0 spiro atoms. The van der Waals surface area contributed by atoms with Crippen LogP contribution in [-0.2, 0) is 37.9 Å². The van der Waals surface area contributed by atoms with Gasteiger partial charge in [0.1, 0.15) is 6.10 Å². The van der Waals surface area contributed by atoms with Crippen LogP contribution in [0.2, 0.25) is 0 Å². The summed E-state index contributed by atoms with van der Waals surface area (Å²) in [4.78, 5) is 7.92. The lowest BCUT2D eigenvalue weighted by atomic mass is 9.99. The van der Waals surface area contributed by atoms with Gasteiger partial charge in [0.25, 0.3) is 0 Å². The minimum Gasteiger partial charge on any atom is -0.414 e. The van der Waals surface area contributed by atoms with Crippen molar-refractivity contribution < 1.29 is 31.3 Å². The fraction of sp³-hybridized carbons (Fsp3) is 0.407. The molecule has 0 aromatic heterocycles. The summed E-state index contributed by atoms with van der Waals surface area (Å²) in [6, 6.07) is 15.6. The molecule has 1 aliphatic heterocycles. The molecule has 4 unspecified atom stereocenters. The SMILES string of the molecule is C=CC(C/C=C/OC(F)(F)F)S(=O)OOC(C(C)N1c2ccccc2CCc2ccccc21)[C@@H](N)CC. The summed E-state index contributed by atoms with van der Waals surface area (Å²) in [7, 11) is 0. The number of anilines is 2. The zero-order chi connectivity index (χ0) is 27.0. The molecule has 1 heterocycles. The summed E-state index contributed by atoms with van der Waals surface area (Å²) in [5, 5.41) is -0.818. The number of aryl methyl sites for hydroxylation is 2. The predicted octanol–water partition coefficient (Wildman–Crippen LogP) is 6.02.